The van der Waals surface area contributed by atoms with E-state index in [9.17, 15) is 4.79 Å². The van der Waals surface area contributed by atoms with Crippen molar-refractivity contribution in [1.29, 1.82) is 0 Å². The second-order valence-electron chi connectivity index (χ2n) is 7.19. The lowest BCUT2D eigenvalue weighted by molar-refractivity contribution is -0.159. The van der Waals surface area contributed by atoms with E-state index in [-0.39, 0.29) is 5.91 Å². The van der Waals surface area contributed by atoms with Crippen LogP contribution in [0.3, 0.4) is 0 Å². The number of hydrogen-bond donors (Lipinski definition) is 3. The molecule has 0 aliphatic carbocycles. The number of H-pyrrole nitrogens is 1. The van der Waals surface area contributed by atoms with Crippen molar-refractivity contribution >= 4 is 28.9 Å². The van der Waals surface area contributed by atoms with Gasteiger partial charge in [-0.05, 0) is 30.7 Å². The number of rotatable bonds is 3. The average Bonchev–Trinajstić information content (AvgIpc) is 3.17. The summed E-state index contributed by atoms with van der Waals surface area (Å²) in [5.41, 5.74) is 3.93. The van der Waals surface area contributed by atoms with Gasteiger partial charge in [0.2, 0.25) is 0 Å². The lowest BCUT2D eigenvalue weighted by Gasteiger charge is -2.34. The molecular weight excluding hydrogens is 400 g/mol. The van der Waals surface area contributed by atoms with Crippen LogP contribution in [0.5, 0.6) is 0 Å². The highest BCUT2D eigenvalue weighted by Crippen LogP contribution is 2.15. The van der Waals surface area contributed by atoms with Gasteiger partial charge >= 0.3 is 11.9 Å². The minimum absolute atomic E-state index is 0.140. The van der Waals surface area contributed by atoms with Gasteiger partial charge < -0.3 is 20.1 Å². The molecule has 9 nitrogen and oxygen atoms in total. The van der Waals surface area contributed by atoms with Crippen LogP contribution in [-0.2, 0) is 16.1 Å². The highest BCUT2D eigenvalue weighted by atomic mass is 16.4. The normalized spacial score (nSPS) is 14.0. The second kappa shape index (κ2) is 9.86. The number of imidazole rings is 1. The molecule has 3 N–H and O–H groups in total. The third-order valence-electron chi connectivity index (χ3n) is 5.03. The van der Waals surface area contributed by atoms with Gasteiger partial charge in [-0.15, -0.1) is 0 Å². The van der Waals surface area contributed by atoms with Crippen LogP contribution in [0.1, 0.15) is 21.7 Å². The number of aromatic amines is 1. The summed E-state index contributed by atoms with van der Waals surface area (Å²) < 4.78 is 0. The molecule has 9 heteroatoms. The summed E-state index contributed by atoms with van der Waals surface area (Å²) in [6.45, 7) is 6.04. The molecule has 1 saturated heterocycles. The number of amides is 1. The molecule has 2 heterocycles. The molecule has 162 valence electrons. The van der Waals surface area contributed by atoms with Crippen LogP contribution in [0, 0.1) is 6.92 Å². The molecule has 1 aromatic heterocycles. The molecule has 4 rings (SSSR count). The number of benzene rings is 2. The van der Waals surface area contributed by atoms with Crippen molar-refractivity contribution in [3.8, 4) is 0 Å². The molecule has 0 saturated carbocycles. The predicted molar refractivity (Wildman–Crippen MR) is 114 cm³/mol. The van der Waals surface area contributed by atoms with Crippen LogP contribution < -0.4 is 0 Å². The van der Waals surface area contributed by atoms with Gasteiger partial charge in [0.15, 0.2) is 0 Å². The molecule has 3 aromatic rings. The van der Waals surface area contributed by atoms with Gasteiger partial charge in [0.1, 0.15) is 5.82 Å². The minimum atomic E-state index is -1.82. The maximum Gasteiger partial charge on any atom is 0.414 e. The number of piperazine rings is 1. The smallest absolute Gasteiger partial charge is 0.414 e. The van der Waals surface area contributed by atoms with E-state index in [1.807, 2.05) is 60.4 Å². The molecular formula is C22H24N4O5. The van der Waals surface area contributed by atoms with Crippen molar-refractivity contribution in [2.75, 3.05) is 26.2 Å². The lowest BCUT2D eigenvalue weighted by atomic mass is 10.1. The number of carbonyl (C=O) groups is 3. The first-order chi connectivity index (χ1) is 14.8. The number of nitrogens with zero attached hydrogens (tertiary/aromatic N) is 3. The maximum atomic E-state index is 12.7. The van der Waals surface area contributed by atoms with Crippen LogP contribution >= 0.6 is 0 Å². The maximum absolute atomic E-state index is 12.7. The Labute approximate surface area is 178 Å². The number of fused-ring (bicyclic) bond motifs is 1. The molecule has 31 heavy (non-hydrogen) atoms. The summed E-state index contributed by atoms with van der Waals surface area (Å²) in [5, 5.41) is 14.8. The van der Waals surface area contributed by atoms with Crippen LogP contribution in [0.15, 0.2) is 48.5 Å². The zero-order valence-electron chi connectivity index (χ0n) is 17.1. The molecule has 0 unspecified atom stereocenters. The van der Waals surface area contributed by atoms with Crippen molar-refractivity contribution in [1.82, 2.24) is 19.8 Å². The number of aliphatic carboxylic acids is 2. The average molecular weight is 424 g/mol. The van der Waals surface area contributed by atoms with E-state index in [0.717, 1.165) is 60.7 Å². The number of carbonyl (C=O) groups excluding carboxylic acids is 1. The quantitative estimate of drug-likeness (QED) is 0.549. The highest BCUT2D eigenvalue weighted by Gasteiger charge is 2.23. The lowest BCUT2D eigenvalue weighted by Crippen LogP contribution is -2.48. The number of aryl methyl sites for hydroxylation is 1. The molecule has 0 bridgehead atoms. The van der Waals surface area contributed by atoms with Crippen molar-refractivity contribution in [2.24, 2.45) is 0 Å². The second-order valence-corrected chi connectivity index (χ2v) is 7.19. The van der Waals surface area contributed by atoms with Gasteiger partial charge in [-0.25, -0.2) is 14.6 Å². The molecule has 1 aliphatic rings. The monoisotopic (exact) mass is 424 g/mol. The summed E-state index contributed by atoms with van der Waals surface area (Å²) >= 11 is 0. The summed E-state index contributed by atoms with van der Waals surface area (Å²) in [6.07, 6.45) is 0. The fourth-order valence-electron chi connectivity index (χ4n) is 3.38. The Balaban J connectivity index is 0.000000401. The predicted octanol–water partition coefficient (Wildman–Crippen LogP) is 1.98. The van der Waals surface area contributed by atoms with Gasteiger partial charge in [-0.2, -0.15) is 0 Å². The Morgan fingerprint density at radius 3 is 2.16 bits per heavy atom. The zero-order chi connectivity index (χ0) is 22.4. The van der Waals surface area contributed by atoms with Gasteiger partial charge in [0, 0.05) is 31.7 Å². The highest BCUT2D eigenvalue weighted by molar-refractivity contribution is 6.27. The minimum Gasteiger partial charge on any atom is -0.473 e. The Morgan fingerprint density at radius 2 is 1.55 bits per heavy atom. The Bertz CT molecular complexity index is 1040. The first kappa shape index (κ1) is 22.0. The van der Waals surface area contributed by atoms with Crippen molar-refractivity contribution in [3.05, 3.63) is 65.5 Å². The number of carboxylic acid groups (broad SMARTS) is 2. The molecule has 1 aliphatic heterocycles. The van der Waals surface area contributed by atoms with Crippen molar-refractivity contribution < 1.29 is 24.6 Å². The molecule has 1 amide bonds. The number of carboxylic acids is 2. The summed E-state index contributed by atoms with van der Waals surface area (Å²) in [4.78, 5) is 43.2. The zero-order valence-corrected chi connectivity index (χ0v) is 17.1. The van der Waals surface area contributed by atoms with Gasteiger partial charge in [-0.3, -0.25) is 9.69 Å². The van der Waals surface area contributed by atoms with Crippen LogP contribution in [0.4, 0.5) is 0 Å². The third-order valence-corrected chi connectivity index (χ3v) is 5.03. The molecule has 2 aromatic carbocycles. The Morgan fingerprint density at radius 1 is 0.935 bits per heavy atom. The first-order valence-corrected chi connectivity index (χ1v) is 9.82. The van der Waals surface area contributed by atoms with E-state index in [1.165, 1.54) is 0 Å². The van der Waals surface area contributed by atoms with Crippen LogP contribution in [-0.4, -0.2) is 74.0 Å². The standard InChI is InChI=1S/C20H22N4O.C2H2O4/c1-15-6-2-3-7-16(15)20(25)24-12-10-23(11-13-24)14-19-21-17-8-4-5-9-18(17)22-19;3-1(4)2(5)6/h2-9H,10-14H2,1H3,(H,21,22);(H,3,4)(H,5,6). The first-order valence-electron chi connectivity index (χ1n) is 9.82. The molecule has 0 spiro atoms. The van der Waals surface area contributed by atoms with E-state index in [1.54, 1.807) is 0 Å². The Hall–Kier alpha value is -3.72. The number of aromatic nitrogens is 2. The summed E-state index contributed by atoms with van der Waals surface area (Å²) in [6, 6.07) is 15.9. The fraction of sp³-hybridized carbons (Fsp3) is 0.273. The Kier molecular flexibility index (Phi) is 6.99. The van der Waals surface area contributed by atoms with Crippen molar-refractivity contribution in [2.45, 2.75) is 13.5 Å². The van der Waals surface area contributed by atoms with Crippen LogP contribution in [0.25, 0.3) is 11.0 Å². The van der Waals surface area contributed by atoms with Gasteiger partial charge in [0.05, 0.1) is 17.6 Å². The number of hydrogen-bond acceptors (Lipinski definition) is 5. The molecule has 0 atom stereocenters. The number of nitrogens with one attached hydrogen (secondary N) is 1. The van der Waals surface area contributed by atoms with Gasteiger partial charge in [0.25, 0.3) is 5.91 Å². The third kappa shape index (κ3) is 5.67. The van der Waals surface area contributed by atoms with E-state index in [2.05, 4.69) is 14.9 Å². The van der Waals surface area contributed by atoms with Crippen molar-refractivity contribution in [3.63, 3.8) is 0 Å². The SMILES string of the molecule is Cc1ccccc1C(=O)N1CCN(Cc2nc3ccccc3[nH]2)CC1.O=C(O)C(=O)O. The van der Waals surface area contributed by atoms with Crippen LogP contribution in [0.2, 0.25) is 0 Å². The van der Waals surface area contributed by atoms with E-state index >= 15 is 0 Å². The van der Waals surface area contributed by atoms with E-state index in [4.69, 9.17) is 19.8 Å². The fourth-order valence-corrected chi connectivity index (χ4v) is 3.38. The number of para-hydroxylation sites is 2. The topological polar surface area (TPSA) is 127 Å². The molecule has 1 fully saturated rings. The van der Waals surface area contributed by atoms with E-state index in [0.29, 0.717) is 0 Å². The summed E-state index contributed by atoms with van der Waals surface area (Å²) in [7, 11) is 0. The summed E-state index contributed by atoms with van der Waals surface area (Å²) in [5.74, 6) is -2.52. The largest absolute Gasteiger partial charge is 0.473 e. The molecule has 0 radical (unpaired) electrons. The van der Waals surface area contributed by atoms with Gasteiger partial charge in [-0.1, -0.05) is 30.3 Å². The van der Waals surface area contributed by atoms with E-state index < -0.39 is 11.9 Å².